The molecule has 2 atom stereocenters. The minimum Gasteiger partial charge on any atom is -0.341 e. The third-order valence-electron chi connectivity index (χ3n) is 6.02. The number of fused-ring (bicyclic) bond motifs is 4. The van der Waals surface area contributed by atoms with E-state index in [0.717, 1.165) is 43.9 Å². The van der Waals surface area contributed by atoms with Crippen LogP contribution >= 0.6 is 0 Å². The van der Waals surface area contributed by atoms with Gasteiger partial charge in [-0.15, -0.1) is 0 Å². The van der Waals surface area contributed by atoms with Crippen LogP contribution in [0.5, 0.6) is 0 Å². The summed E-state index contributed by atoms with van der Waals surface area (Å²) in [6.07, 6.45) is 7.76. The summed E-state index contributed by atoms with van der Waals surface area (Å²) in [5.41, 5.74) is 3.26. The molecule has 5 heteroatoms. The fraction of sp³-hybridized carbons (Fsp3) is 0.500. The van der Waals surface area contributed by atoms with Crippen LogP contribution in [0.2, 0.25) is 0 Å². The van der Waals surface area contributed by atoms with E-state index in [2.05, 4.69) is 14.8 Å². The van der Waals surface area contributed by atoms with Crippen LogP contribution in [-0.2, 0) is 13.0 Å². The summed E-state index contributed by atoms with van der Waals surface area (Å²) >= 11 is 0. The summed E-state index contributed by atoms with van der Waals surface area (Å²) in [6, 6.07) is 7.94. The molecule has 0 N–H and O–H groups in total. The second-order valence-corrected chi connectivity index (χ2v) is 7.48. The molecule has 0 spiro atoms. The first-order valence-corrected chi connectivity index (χ1v) is 9.39. The Hall–Kier alpha value is -2.01. The lowest BCUT2D eigenvalue weighted by Crippen LogP contribution is -2.38. The normalized spacial score (nSPS) is 25.4. The summed E-state index contributed by atoms with van der Waals surface area (Å²) in [5, 5.41) is 0. The number of hydrogen-bond donors (Lipinski definition) is 0. The lowest BCUT2D eigenvalue weighted by atomic mass is 9.98. The van der Waals surface area contributed by atoms with Gasteiger partial charge in [-0.05, 0) is 31.7 Å². The van der Waals surface area contributed by atoms with E-state index in [1.165, 1.54) is 24.1 Å². The van der Waals surface area contributed by atoms with E-state index in [9.17, 15) is 4.39 Å². The highest BCUT2D eigenvalue weighted by Gasteiger charge is 2.41. The van der Waals surface area contributed by atoms with Crippen LogP contribution in [0.1, 0.15) is 48.5 Å². The molecule has 0 unspecified atom stereocenters. The van der Waals surface area contributed by atoms with Gasteiger partial charge in [0.1, 0.15) is 5.82 Å². The molecule has 2 fully saturated rings. The molecule has 2 aromatic rings. The Bertz CT molecular complexity index is 787. The van der Waals surface area contributed by atoms with E-state index in [-0.39, 0.29) is 5.82 Å². The summed E-state index contributed by atoms with van der Waals surface area (Å²) in [6.45, 7) is 2.82. The molecule has 3 aliphatic heterocycles. The van der Waals surface area contributed by atoms with Gasteiger partial charge < -0.3 is 4.90 Å². The lowest BCUT2D eigenvalue weighted by molar-refractivity contribution is 0.164. The number of anilines is 1. The van der Waals surface area contributed by atoms with Crippen molar-refractivity contribution in [2.45, 2.75) is 50.7 Å². The highest BCUT2D eigenvalue weighted by atomic mass is 19.1. The number of nitrogens with zero attached hydrogens (tertiary/aromatic N) is 4. The zero-order valence-corrected chi connectivity index (χ0v) is 14.4. The van der Waals surface area contributed by atoms with Crippen molar-refractivity contribution in [1.29, 1.82) is 0 Å². The van der Waals surface area contributed by atoms with Crippen molar-refractivity contribution in [3.8, 4) is 0 Å². The quantitative estimate of drug-likeness (QED) is 0.858. The number of rotatable bonds is 3. The first-order valence-electron chi connectivity index (χ1n) is 9.39. The van der Waals surface area contributed by atoms with Gasteiger partial charge in [0, 0.05) is 55.5 Å². The largest absolute Gasteiger partial charge is 0.341 e. The molecule has 0 amide bonds. The maximum atomic E-state index is 14.1. The summed E-state index contributed by atoms with van der Waals surface area (Å²) < 4.78 is 14.1. The molecule has 1 aromatic carbocycles. The second kappa shape index (κ2) is 6.06. The van der Waals surface area contributed by atoms with E-state index in [1.807, 2.05) is 18.3 Å². The van der Waals surface area contributed by atoms with E-state index in [0.29, 0.717) is 18.6 Å². The van der Waals surface area contributed by atoms with Gasteiger partial charge in [-0.1, -0.05) is 18.2 Å². The zero-order chi connectivity index (χ0) is 16.8. The zero-order valence-electron chi connectivity index (χ0n) is 14.4. The number of hydrogen-bond acceptors (Lipinski definition) is 4. The Kier molecular flexibility index (Phi) is 3.70. The SMILES string of the molecule is Fc1ccccc1CN1[C@H]2CC[C@H]1c1cnc(N3CCCC3)nc1C2. The molecule has 4 nitrogen and oxygen atoms in total. The fourth-order valence-electron chi connectivity index (χ4n) is 4.70. The number of halogens is 1. The van der Waals surface area contributed by atoms with Gasteiger partial charge >= 0.3 is 0 Å². The van der Waals surface area contributed by atoms with Crippen molar-refractivity contribution >= 4 is 5.95 Å². The average molecular weight is 338 g/mol. The van der Waals surface area contributed by atoms with Gasteiger partial charge in [0.2, 0.25) is 5.95 Å². The lowest BCUT2D eigenvalue weighted by Gasteiger charge is -2.36. The molecule has 130 valence electrons. The maximum Gasteiger partial charge on any atom is 0.225 e. The maximum absolute atomic E-state index is 14.1. The minimum absolute atomic E-state index is 0.103. The molecule has 1 aromatic heterocycles. The van der Waals surface area contributed by atoms with Crippen LogP contribution in [0.4, 0.5) is 10.3 Å². The van der Waals surface area contributed by atoms with Crippen molar-refractivity contribution in [2.24, 2.45) is 0 Å². The van der Waals surface area contributed by atoms with Crippen molar-refractivity contribution in [1.82, 2.24) is 14.9 Å². The van der Waals surface area contributed by atoms with Crippen molar-refractivity contribution in [3.63, 3.8) is 0 Å². The molecular weight excluding hydrogens is 315 g/mol. The van der Waals surface area contributed by atoms with Crippen LogP contribution in [0.15, 0.2) is 30.5 Å². The van der Waals surface area contributed by atoms with E-state index < -0.39 is 0 Å². The highest BCUT2D eigenvalue weighted by molar-refractivity contribution is 5.38. The summed E-state index contributed by atoms with van der Waals surface area (Å²) in [7, 11) is 0. The van der Waals surface area contributed by atoms with Crippen LogP contribution < -0.4 is 4.90 Å². The standard InChI is InChI=1S/C20H23FN4/c21-17-6-2-1-5-14(17)13-25-15-7-8-19(25)16-12-22-20(23-18(16)11-15)24-9-3-4-10-24/h1-2,5-6,12,15,19H,3-4,7-11,13H2/t15-,19-/m0/s1. The average Bonchev–Trinajstić information content (AvgIpc) is 3.25. The Labute approximate surface area is 147 Å². The molecule has 0 saturated carbocycles. The van der Waals surface area contributed by atoms with E-state index in [1.54, 1.807) is 12.1 Å². The summed E-state index contributed by atoms with van der Waals surface area (Å²) in [4.78, 5) is 14.3. The van der Waals surface area contributed by atoms with Gasteiger partial charge in [-0.25, -0.2) is 14.4 Å². The van der Waals surface area contributed by atoms with Gasteiger partial charge in [-0.3, -0.25) is 4.90 Å². The first-order chi connectivity index (χ1) is 12.3. The molecule has 2 bridgehead atoms. The third-order valence-corrected chi connectivity index (χ3v) is 6.02. The first kappa shape index (κ1) is 15.3. The minimum atomic E-state index is -0.103. The second-order valence-electron chi connectivity index (χ2n) is 7.48. The fourth-order valence-corrected chi connectivity index (χ4v) is 4.70. The van der Waals surface area contributed by atoms with Gasteiger partial charge in [0.15, 0.2) is 0 Å². The van der Waals surface area contributed by atoms with Crippen LogP contribution in [0.25, 0.3) is 0 Å². The monoisotopic (exact) mass is 338 g/mol. The highest BCUT2D eigenvalue weighted by Crippen LogP contribution is 2.44. The van der Waals surface area contributed by atoms with Crippen molar-refractivity contribution < 1.29 is 4.39 Å². The Morgan fingerprint density at radius 2 is 1.96 bits per heavy atom. The molecule has 3 aliphatic rings. The molecule has 5 rings (SSSR count). The summed E-state index contributed by atoms with van der Waals surface area (Å²) in [5.74, 6) is 0.798. The van der Waals surface area contributed by atoms with Gasteiger partial charge in [0.25, 0.3) is 0 Å². The Morgan fingerprint density at radius 3 is 2.80 bits per heavy atom. The molecule has 2 saturated heterocycles. The molecular formula is C20H23FN4. The third kappa shape index (κ3) is 2.61. The van der Waals surface area contributed by atoms with E-state index >= 15 is 0 Å². The van der Waals surface area contributed by atoms with E-state index in [4.69, 9.17) is 4.98 Å². The van der Waals surface area contributed by atoms with Crippen LogP contribution in [-0.4, -0.2) is 34.0 Å². The smallest absolute Gasteiger partial charge is 0.225 e. The molecule has 0 aliphatic carbocycles. The number of benzene rings is 1. The molecule has 4 heterocycles. The Balaban J connectivity index is 1.43. The van der Waals surface area contributed by atoms with Gasteiger partial charge in [0.05, 0.1) is 5.69 Å². The van der Waals surface area contributed by atoms with Crippen molar-refractivity contribution in [3.05, 3.63) is 53.1 Å². The van der Waals surface area contributed by atoms with Crippen LogP contribution in [0, 0.1) is 5.82 Å². The predicted molar refractivity (Wildman–Crippen MR) is 94.9 cm³/mol. The molecule has 25 heavy (non-hydrogen) atoms. The predicted octanol–water partition coefficient (Wildman–Crippen LogP) is 3.48. The molecule has 0 radical (unpaired) electrons. The topological polar surface area (TPSA) is 32.3 Å². The Morgan fingerprint density at radius 1 is 1.12 bits per heavy atom. The number of aromatic nitrogens is 2. The van der Waals surface area contributed by atoms with Gasteiger partial charge in [-0.2, -0.15) is 0 Å². The van der Waals surface area contributed by atoms with Crippen molar-refractivity contribution in [2.75, 3.05) is 18.0 Å². The van der Waals surface area contributed by atoms with Crippen LogP contribution in [0.3, 0.4) is 0 Å².